The van der Waals surface area contributed by atoms with Gasteiger partial charge in [0.15, 0.2) is 23.1 Å². The van der Waals surface area contributed by atoms with Crippen molar-refractivity contribution in [1.29, 1.82) is 0 Å². The minimum absolute atomic E-state index is 0.0924. The Hall–Kier alpha value is -4.11. The summed E-state index contributed by atoms with van der Waals surface area (Å²) >= 11 is 0. The van der Waals surface area contributed by atoms with Gasteiger partial charge in [0.25, 0.3) is 0 Å². The van der Waals surface area contributed by atoms with Gasteiger partial charge in [-0.3, -0.25) is 10.00 Å². The zero-order valence-electron chi connectivity index (χ0n) is 18.7. The second kappa shape index (κ2) is 8.79. The van der Waals surface area contributed by atoms with E-state index in [2.05, 4.69) is 25.4 Å². The average Bonchev–Trinajstić information content (AvgIpc) is 3.49. The van der Waals surface area contributed by atoms with Crippen molar-refractivity contribution >= 4 is 5.65 Å². The van der Waals surface area contributed by atoms with Crippen LogP contribution in [0, 0.1) is 0 Å². The molecule has 0 saturated heterocycles. The summed E-state index contributed by atoms with van der Waals surface area (Å²) in [4.78, 5) is 6.62. The third kappa shape index (κ3) is 4.18. The number of H-pyrrole nitrogens is 1. The van der Waals surface area contributed by atoms with Gasteiger partial charge in [0, 0.05) is 11.1 Å². The van der Waals surface area contributed by atoms with Gasteiger partial charge in [-0.15, -0.1) is 15.3 Å². The summed E-state index contributed by atoms with van der Waals surface area (Å²) in [5.41, 5.74) is 3.37. The number of nitrogens with one attached hydrogen (secondary N) is 1. The summed E-state index contributed by atoms with van der Waals surface area (Å²) in [6.07, 6.45) is 0. The molecule has 0 spiro atoms. The van der Waals surface area contributed by atoms with Gasteiger partial charge in [-0.25, -0.2) is 4.98 Å². The molecule has 1 N–H and O–H groups in total. The highest BCUT2D eigenvalue weighted by molar-refractivity contribution is 5.72. The zero-order valence-corrected chi connectivity index (χ0v) is 18.7. The van der Waals surface area contributed by atoms with E-state index in [1.807, 2.05) is 92.6 Å². The number of hydrogen-bond donors (Lipinski definition) is 1. The van der Waals surface area contributed by atoms with Crippen LogP contribution in [-0.2, 0) is 6.61 Å². The van der Waals surface area contributed by atoms with Crippen molar-refractivity contribution in [3.05, 3.63) is 78.4 Å². The topological polar surface area (TPSA) is 97.1 Å². The largest absolute Gasteiger partial charge is 0.468 e. The Morgan fingerprint density at radius 3 is 2.36 bits per heavy atom. The van der Waals surface area contributed by atoms with Gasteiger partial charge in [-0.2, -0.15) is 9.61 Å². The second-order valence-corrected chi connectivity index (χ2v) is 7.96. The number of aromatic nitrogens is 7. The zero-order chi connectivity index (χ0) is 22.8. The normalized spacial score (nSPS) is 12.4. The van der Waals surface area contributed by atoms with E-state index >= 15 is 0 Å². The minimum atomic E-state index is 0.0924. The highest BCUT2D eigenvalue weighted by Crippen LogP contribution is 2.31. The predicted octanol–water partition coefficient (Wildman–Crippen LogP) is 3.78. The molecule has 5 aromatic rings. The number of nitrogens with zero attached hydrogens (tertiary/aromatic N) is 7. The molecule has 9 nitrogen and oxygen atoms in total. The molecule has 33 heavy (non-hydrogen) atoms. The van der Waals surface area contributed by atoms with Gasteiger partial charge >= 0.3 is 0 Å². The van der Waals surface area contributed by atoms with Crippen LogP contribution < -0.4 is 4.74 Å². The molecule has 0 aliphatic heterocycles. The molecule has 0 fully saturated rings. The van der Waals surface area contributed by atoms with Crippen LogP contribution in [0.15, 0.2) is 66.7 Å². The first-order valence-electron chi connectivity index (χ1n) is 10.7. The molecule has 0 aliphatic rings. The van der Waals surface area contributed by atoms with Gasteiger partial charge < -0.3 is 4.74 Å². The maximum absolute atomic E-state index is 6.16. The standard InChI is InChI=1S/C24H24N8O/c1-16(31(2)3)22-25-20(26-28-22)15-33-24-19(17-10-6-4-7-11-17)14-21-27-29-23(32(21)30-24)18-12-8-5-9-13-18/h4-14,16H,15H2,1-3H3,(H,25,26,28). The fraction of sp³-hybridized carbons (Fsp3) is 0.208. The Labute approximate surface area is 191 Å². The summed E-state index contributed by atoms with van der Waals surface area (Å²) in [7, 11) is 3.98. The Bertz CT molecular complexity index is 1360. The summed E-state index contributed by atoms with van der Waals surface area (Å²) in [5.74, 6) is 2.46. The van der Waals surface area contributed by atoms with E-state index < -0.39 is 0 Å². The molecule has 1 atom stereocenters. The highest BCUT2D eigenvalue weighted by atomic mass is 16.5. The van der Waals surface area contributed by atoms with Crippen LogP contribution in [0.3, 0.4) is 0 Å². The van der Waals surface area contributed by atoms with Gasteiger partial charge in [-0.1, -0.05) is 60.7 Å². The van der Waals surface area contributed by atoms with Crippen molar-refractivity contribution in [3.8, 4) is 28.4 Å². The third-order valence-electron chi connectivity index (χ3n) is 5.52. The lowest BCUT2D eigenvalue weighted by atomic mass is 10.1. The Morgan fingerprint density at radius 2 is 1.67 bits per heavy atom. The number of fused-ring (bicyclic) bond motifs is 1. The van der Waals surface area contributed by atoms with E-state index in [0.717, 1.165) is 22.5 Å². The third-order valence-corrected chi connectivity index (χ3v) is 5.52. The number of rotatable bonds is 7. The molecule has 0 radical (unpaired) electrons. The van der Waals surface area contributed by atoms with Crippen LogP contribution in [-0.4, -0.2) is 54.0 Å². The molecule has 5 rings (SSSR count). The Balaban J connectivity index is 1.52. The van der Waals surface area contributed by atoms with E-state index in [0.29, 0.717) is 23.2 Å². The average molecular weight is 441 g/mol. The van der Waals surface area contributed by atoms with Crippen molar-refractivity contribution in [2.75, 3.05) is 14.1 Å². The molecule has 9 heteroatoms. The molecule has 2 aromatic carbocycles. The van der Waals surface area contributed by atoms with Crippen LogP contribution in [0.4, 0.5) is 0 Å². The molecule has 3 heterocycles. The summed E-state index contributed by atoms with van der Waals surface area (Å²) < 4.78 is 7.87. The van der Waals surface area contributed by atoms with Crippen molar-refractivity contribution in [2.24, 2.45) is 0 Å². The summed E-state index contributed by atoms with van der Waals surface area (Å²) in [6, 6.07) is 21.8. The van der Waals surface area contributed by atoms with Gasteiger partial charge in [-0.05, 0) is 32.6 Å². The van der Waals surface area contributed by atoms with E-state index in [9.17, 15) is 0 Å². The molecule has 3 aromatic heterocycles. The molecule has 0 bridgehead atoms. The lowest BCUT2D eigenvalue weighted by molar-refractivity contribution is 0.280. The molecule has 0 aliphatic carbocycles. The summed E-state index contributed by atoms with van der Waals surface area (Å²) in [5, 5.41) is 20.8. The van der Waals surface area contributed by atoms with Gasteiger partial charge in [0.05, 0.1) is 6.04 Å². The molecular formula is C24H24N8O. The van der Waals surface area contributed by atoms with E-state index in [4.69, 9.17) is 9.84 Å². The molecule has 0 amide bonds. The molecular weight excluding hydrogens is 416 g/mol. The van der Waals surface area contributed by atoms with Gasteiger partial charge in [0.1, 0.15) is 6.61 Å². The molecule has 1 unspecified atom stereocenters. The lowest BCUT2D eigenvalue weighted by Gasteiger charge is -2.15. The maximum atomic E-state index is 6.16. The van der Waals surface area contributed by atoms with Crippen molar-refractivity contribution < 1.29 is 4.74 Å². The monoisotopic (exact) mass is 440 g/mol. The van der Waals surface area contributed by atoms with E-state index in [-0.39, 0.29) is 12.6 Å². The fourth-order valence-electron chi connectivity index (χ4n) is 3.44. The van der Waals surface area contributed by atoms with Crippen LogP contribution in [0.1, 0.15) is 24.6 Å². The lowest BCUT2D eigenvalue weighted by Crippen LogP contribution is -2.18. The minimum Gasteiger partial charge on any atom is -0.468 e. The molecule has 0 saturated carbocycles. The van der Waals surface area contributed by atoms with E-state index in [1.165, 1.54) is 0 Å². The predicted molar refractivity (Wildman–Crippen MR) is 124 cm³/mol. The van der Waals surface area contributed by atoms with Crippen LogP contribution >= 0.6 is 0 Å². The first-order chi connectivity index (χ1) is 16.1. The number of ether oxygens (including phenoxy) is 1. The first-order valence-corrected chi connectivity index (χ1v) is 10.7. The Kier molecular flexibility index (Phi) is 5.54. The van der Waals surface area contributed by atoms with Gasteiger partial charge in [0.2, 0.25) is 5.88 Å². The quantitative estimate of drug-likeness (QED) is 0.411. The van der Waals surface area contributed by atoms with Crippen molar-refractivity contribution in [2.45, 2.75) is 19.6 Å². The van der Waals surface area contributed by atoms with Crippen molar-refractivity contribution in [3.63, 3.8) is 0 Å². The first kappa shape index (κ1) is 20.8. The van der Waals surface area contributed by atoms with Crippen LogP contribution in [0.25, 0.3) is 28.2 Å². The summed E-state index contributed by atoms with van der Waals surface area (Å²) in [6.45, 7) is 2.25. The number of benzene rings is 2. The Morgan fingerprint density at radius 1 is 0.970 bits per heavy atom. The number of aromatic amines is 1. The van der Waals surface area contributed by atoms with Crippen molar-refractivity contribution in [1.82, 2.24) is 39.9 Å². The van der Waals surface area contributed by atoms with Crippen LogP contribution in [0.5, 0.6) is 5.88 Å². The van der Waals surface area contributed by atoms with E-state index in [1.54, 1.807) is 4.52 Å². The fourth-order valence-corrected chi connectivity index (χ4v) is 3.44. The highest BCUT2D eigenvalue weighted by Gasteiger charge is 2.18. The second-order valence-electron chi connectivity index (χ2n) is 7.96. The SMILES string of the molecule is CC(c1n[nH]c(COc2nn3c(-c4ccccc4)nnc3cc2-c2ccccc2)n1)N(C)C. The molecule has 166 valence electrons. The number of hydrogen-bond acceptors (Lipinski definition) is 7. The smallest absolute Gasteiger partial charge is 0.240 e. The van der Waals surface area contributed by atoms with Crippen LogP contribution in [0.2, 0.25) is 0 Å². The maximum Gasteiger partial charge on any atom is 0.240 e.